The number of nitrogens with two attached hydrogens (primary N) is 1. The van der Waals surface area contributed by atoms with Gasteiger partial charge in [0.2, 0.25) is 5.13 Å². The highest BCUT2D eigenvalue weighted by Crippen LogP contribution is 2.16. The van der Waals surface area contributed by atoms with E-state index in [1.807, 2.05) is 31.2 Å². The zero-order chi connectivity index (χ0) is 14.4. The van der Waals surface area contributed by atoms with Gasteiger partial charge in [0.15, 0.2) is 0 Å². The van der Waals surface area contributed by atoms with E-state index < -0.39 is 0 Å². The van der Waals surface area contributed by atoms with Gasteiger partial charge in [0.05, 0.1) is 6.21 Å². The van der Waals surface area contributed by atoms with Crippen LogP contribution in [0.25, 0.3) is 0 Å². The molecular weight excluding hydrogens is 272 g/mol. The minimum Gasteiger partial charge on any atom is -0.489 e. The first kappa shape index (κ1) is 14.1. The largest absolute Gasteiger partial charge is 0.489 e. The van der Waals surface area contributed by atoms with Crippen LogP contribution in [0.5, 0.6) is 5.75 Å². The highest BCUT2D eigenvalue weighted by molar-refractivity contribution is 7.14. The summed E-state index contributed by atoms with van der Waals surface area (Å²) in [4.78, 5) is 4.04. The summed E-state index contributed by atoms with van der Waals surface area (Å²) >= 11 is 1.41. The zero-order valence-corrected chi connectivity index (χ0v) is 12.0. The highest BCUT2D eigenvalue weighted by atomic mass is 32.1. The quantitative estimate of drug-likeness (QED) is 0.486. The number of benzene rings is 1. The van der Waals surface area contributed by atoms with E-state index >= 15 is 0 Å². The number of nitrogens with one attached hydrogen (secondary N) is 1. The van der Waals surface area contributed by atoms with Gasteiger partial charge in [0.1, 0.15) is 18.2 Å². The molecule has 0 amide bonds. The highest BCUT2D eigenvalue weighted by Gasteiger charge is 1.96. The molecule has 0 bridgehead atoms. The molecule has 6 heteroatoms. The van der Waals surface area contributed by atoms with Gasteiger partial charge in [0, 0.05) is 5.38 Å². The van der Waals surface area contributed by atoms with Crippen molar-refractivity contribution in [2.24, 2.45) is 5.10 Å². The van der Waals surface area contributed by atoms with Crippen LogP contribution in [-0.4, -0.2) is 17.8 Å². The number of hydrogen-bond donors (Lipinski definition) is 2. The third kappa shape index (κ3) is 4.40. The third-order valence-corrected chi connectivity index (χ3v) is 3.03. The molecule has 0 aliphatic heterocycles. The van der Waals surface area contributed by atoms with Crippen LogP contribution in [0.1, 0.15) is 12.5 Å². The monoisotopic (exact) mass is 288 g/mol. The number of anilines is 2. The Morgan fingerprint density at radius 2 is 2.25 bits per heavy atom. The van der Waals surface area contributed by atoms with Crippen LogP contribution in [0.4, 0.5) is 10.9 Å². The second kappa shape index (κ2) is 6.72. The minimum absolute atomic E-state index is 0.492. The van der Waals surface area contributed by atoms with Crippen LogP contribution in [0, 0.1) is 0 Å². The topological polar surface area (TPSA) is 72.5 Å². The number of aromatic nitrogens is 1. The van der Waals surface area contributed by atoms with E-state index in [9.17, 15) is 0 Å². The molecule has 104 valence electrons. The number of nitrogen functional groups attached to an aromatic ring is 1. The Hall–Kier alpha value is -2.34. The summed E-state index contributed by atoms with van der Waals surface area (Å²) in [7, 11) is 0. The molecule has 5 nitrogen and oxygen atoms in total. The molecule has 0 spiro atoms. The normalized spacial score (nSPS) is 10.7. The summed E-state index contributed by atoms with van der Waals surface area (Å²) in [6, 6.07) is 7.64. The average Bonchev–Trinajstić information content (AvgIpc) is 2.83. The molecule has 0 unspecified atom stereocenters. The molecule has 0 fully saturated rings. The number of thiazole rings is 1. The van der Waals surface area contributed by atoms with Gasteiger partial charge < -0.3 is 10.5 Å². The van der Waals surface area contributed by atoms with E-state index in [1.54, 1.807) is 11.6 Å². The summed E-state index contributed by atoms with van der Waals surface area (Å²) in [5, 5.41) is 6.51. The Balaban J connectivity index is 1.88. The molecule has 0 radical (unpaired) electrons. The van der Waals surface area contributed by atoms with E-state index in [0.29, 0.717) is 17.6 Å². The second-order valence-electron chi connectivity index (χ2n) is 4.26. The number of hydrazone groups is 1. The first-order chi connectivity index (χ1) is 9.63. The average molecular weight is 288 g/mol. The molecule has 0 aliphatic carbocycles. The van der Waals surface area contributed by atoms with Crippen molar-refractivity contribution in [2.75, 3.05) is 17.8 Å². The molecule has 0 aliphatic rings. The molecule has 2 rings (SSSR count). The number of nitrogens with zero attached hydrogens (tertiary/aromatic N) is 2. The predicted octanol–water partition coefficient (Wildman–Crippen LogP) is 3.13. The Bertz CT molecular complexity index is 604. The maximum Gasteiger partial charge on any atom is 0.205 e. The van der Waals surface area contributed by atoms with Gasteiger partial charge in [-0.3, -0.25) is 5.43 Å². The van der Waals surface area contributed by atoms with Crippen molar-refractivity contribution < 1.29 is 4.74 Å². The molecule has 0 atom stereocenters. The Morgan fingerprint density at radius 3 is 2.85 bits per heavy atom. The molecule has 20 heavy (non-hydrogen) atoms. The lowest BCUT2D eigenvalue weighted by atomic mass is 10.2. The third-order valence-electron chi connectivity index (χ3n) is 2.26. The van der Waals surface area contributed by atoms with E-state index in [2.05, 4.69) is 22.1 Å². The predicted molar refractivity (Wildman–Crippen MR) is 84.5 cm³/mol. The summed E-state index contributed by atoms with van der Waals surface area (Å²) in [5.41, 5.74) is 10.3. The van der Waals surface area contributed by atoms with Crippen molar-refractivity contribution >= 4 is 28.5 Å². The fourth-order valence-electron chi connectivity index (χ4n) is 1.36. The standard InChI is InChI=1S/C14H16N4OS/c1-10(2)8-19-12-5-3-11(4-6-12)7-16-18-14-17-13(15)9-20-14/h3-7,9H,1,8,15H2,2H3,(H,17,18). The van der Waals surface area contributed by atoms with Crippen molar-refractivity contribution in [3.63, 3.8) is 0 Å². The van der Waals surface area contributed by atoms with Crippen LogP contribution in [0.3, 0.4) is 0 Å². The fraction of sp³-hybridized carbons (Fsp3) is 0.143. The molecule has 2 aromatic rings. The van der Waals surface area contributed by atoms with Crippen LogP contribution < -0.4 is 15.9 Å². The van der Waals surface area contributed by atoms with Crippen LogP contribution in [0.2, 0.25) is 0 Å². The van der Waals surface area contributed by atoms with Gasteiger partial charge >= 0.3 is 0 Å². The van der Waals surface area contributed by atoms with Gasteiger partial charge in [0.25, 0.3) is 0 Å². The first-order valence-electron chi connectivity index (χ1n) is 6.01. The van der Waals surface area contributed by atoms with Crippen LogP contribution in [-0.2, 0) is 0 Å². The van der Waals surface area contributed by atoms with Gasteiger partial charge in [-0.25, -0.2) is 4.98 Å². The van der Waals surface area contributed by atoms with Crippen LogP contribution >= 0.6 is 11.3 Å². The lowest BCUT2D eigenvalue weighted by molar-refractivity contribution is 0.352. The fourth-order valence-corrected chi connectivity index (χ4v) is 1.90. The van der Waals surface area contributed by atoms with Crippen molar-refractivity contribution in [3.8, 4) is 5.75 Å². The van der Waals surface area contributed by atoms with Crippen LogP contribution in [0.15, 0.2) is 46.9 Å². The van der Waals surface area contributed by atoms with E-state index in [-0.39, 0.29) is 0 Å². The lowest BCUT2D eigenvalue weighted by Gasteiger charge is -2.05. The van der Waals surface area contributed by atoms with Crippen molar-refractivity contribution in [1.82, 2.24) is 4.98 Å². The van der Waals surface area contributed by atoms with Gasteiger partial charge in [-0.2, -0.15) is 5.10 Å². The minimum atomic E-state index is 0.492. The number of hydrogen-bond acceptors (Lipinski definition) is 6. The molecule has 1 heterocycles. The van der Waals surface area contributed by atoms with Crippen molar-refractivity contribution in [3.05, 3.63) is 47.4 Å². The Kier molecular flexibility index (Phi) is 4.73. The smallest absolute Gasteiger partial charge is 0.205 e. The second-order valence-corrected chi connectivity index (χ2v) is 5.12. The molecule has 0 saturated heterocycles. The molecule has 1 aromatic carbocycles. The van der Waals surface area contributed by atoms with E-state index in [0.717, 1.165) is 16.9 Å². The van der Waals surface area contributed by atoms with E-state index in [4.69, 9.17) is 10.5 Å². The summed E-state index contributed by atoms with van der Waals surface area (Å²) in [5.74, 6) is 1.30. The summed E-state index contributed by atoms with van der Waals surface area (Å²) in [6.45, 7) is 6.25. The lowest BCUT2D eigenvalue weighted by Crippen LogP contribution is -1.97. The van der Waals surface area contributed by atoms with Crippen molar-refractivity contribution in [2.45, 2.75) is 6.92 Å². The summed E-state index contributed by atoms with van der Waals surface area (Å²) < 4.78 is 5.52. The first-order valence-corrected chi connectivity index (χ1v) is 6.89. The molecular formula is C14H16N4OS. The summed E-state index contributed by atoms with van der Waals surface area (Å²) in [6.07, 6.45) is 1.71. The SMILES string of the molecule is C=C(C)COc1ccc(C=NNc2nc(N)cs2)cc1. The van der Waals surface area contributed by atoms with Gasteiger partial charge in [-0.05, 0) is 42.3 Å². The van der Waals surface area contributed by atoms with E-state index in [1.165, 1.54) is 11.3 Å². The molecule has 1 aromatic heterocycles. The molecule has 0 saturated carbocycles. The maximum absolute atomic E-state index is 5.52. The molecule has 3 N–H and O–H groups in total. The Morgan fingerprint density at radius 1 is 1.50 bits per heavy atom. The van der Waals surface area contributed by atoms with Crippen molar-refractivity contribution in [1.29, 1.82) is 0 Å². The zero-order valence-electron chi connectivity index (χ0n) is 11.2. The van der Waals surface area contributed by atoms with Gasteiger partial charge in [-0.1, -0.05) is 6.58 Å². The van der Waals surface area contributed by atoms with Gasteiger partial charge in [-0.15, -0.1) is 11.3 Å². The number of ether oxygens (including phenoxy) is 1. The number of rotatable bonds is 6. The Labute approximate surface area is 121 Å². The maximum atomic E-state index is 5.52.